The average Bonchev–Trinajstić information content (AvgIpc) is 3.45. The number of aryl methyl sites for hydroxylation is 3. The molecule has 1 fully saturated rings. The molecule has 0 amide bonds. The number of benzene rings is 1. The highest BCUT2D eigenvalue weighted by atomic mass is 32.2. The molecule has 0 saturated heterocycles. The molecule has 1 saturated carbocycles. The Kier molecular flexibility index (Phi) is 6.02. The minimum absolute atomic E-state index is 0.0884. The monoisotopic (exact) mass is 452 g/mol. The molecule has 2 heterocycles. The van der Waals surface area contributed by atoms with E-state index in [1.807, 2.05) is 28.8 Å². The lowest BCUT2D eigenvalue weighted by atomic mass is 9.97. The molecule has 31 heavy (non-hydrogen) atoms. The highest BCUT2D eigenvalue weighted by Crippen LogP contribution is 2.37. The second-order valence-corrected chi connectivity index (χ2v) is 10.7. The molecular weight excluding hydrogens is 424 g/mol. The molecule has 4 nitrogen and oxygen atoms in total. The van der Waals surface area contributed by atoms with Crippen LogP contribution in [0.5, 0.6) is 0 Å². The molecular formula is C25H28N2O2S2. The minimum Gasteiger partial charge on any atom is -0.293 e. The van der Waals surface area contributed by atoms with Crippen molar-refractivity contribution in [1.29, 1.82) is 0 Å². The first kappa shape index (κ1) is 21.0. The predicted molar refractivity (Wildman–Crippen MR) is 129 cm³/mol. The number of carbonyl (C=O) groups excluding carboxylic acids is 1. The van der Waals surface area contributed by atoms with Gasteiger partial charge in [-0.15, -0.1) is 11.3 Å². The number of hydrogen-bond acceptors (Lipinski definition) is 5. The molecule has 2 aliphatic carbocycles. The lowest BCUT2D eigenvalue weighted by Crippen LogP contribution is -2.27. The standard InChI is InChI=1S/C25H28N2O2S2/c1-2-16-11-13-17(14-12-16)20(28)15-30-25-26-23-22(19-9-5-6-10-21(19)31-23)24(29)27(25)18-7-3-4-8-18/h11-14,18H,2-10,15H2,1H3. The van der Waals surface area contributed by atoms with Gasteiger partial charge in [-0.25, -0.2) is 4.98 Å². The lowest BCUT2D eigenvalue weighted by molar-refractivity contribution is 0.102. The van der Waals surface area contributed by atoms with Crippen LogP contribution in [0.15, 0.2) is 34.2 Å². The van der Waals surface area contributed by atoms with Gasteiger partial charge >= 0.3 is 0 Å². The molecule has 0 unspecified atom stereocenters. The lowest BCUT2D eigenvalue weighted by Gasteiger charge is -2.18. The molecule has 3 aromatic rings. The largest absolute Gasteiger partial charge is 0.293 e. The molecule has 2 aliphatic rings. The van der Waals surface area contributed by atoms with Crippen molar-refractivity contribution in [2.45, 2.75) is 75.9 Å². The second kappa shape index (κ2) is 8.91. The number of carbonyl (C=O) groups is 1. The molecule has 0 spiro atoms. The summed E-state index contributed by atoms with van der Waals surface area (Å²) >= 11 is 3.12. The quantitative estimate of drug-likeness (QED) is 0.262. The summed E-state index contributed by atoms with van der Waals surface area (Å²) in [6, 6.07) is 8.08. The number of fused-ring (bicyclic) bond motifs is 3. The summed E-state index contributed by atoms with van der Waals surface area (Å²) in [4.78, 5) is 33.7. The Labute approximate surface area is 191 Å². The van der Waals surface area contributed by atoms with Crippen LogP contribution in [-0.2, 0) is 19.3 Å². The van der Waals surface area contributed by atoms with Crippen molar-refractivity contribution >= 4 is 39.1 Å². The molecule has 0 radical (unpaired) electrons. The Bertz CT molecular complexity index is 1170. The third-order valence-electron chi connectivity index (χ3n) is 6.70. The van der Waals surface area contributed by atoms with Crippen molar-refractivity contribution < 1.29 is 4.79 Å². The highest BCUT2D eigenvalue weighted by molar-refractivity contribution is 7.99. The maximum atomic E-state index is 13.7. The van der Waals surface area contributed by atoms with Crippen LogP contribution >= 0.6 is 23.1 Å². The van der Waals surface area contributed by atoms with Crippen LogP contribution in [0.2, 0.25) is 0 Å². The Morgan fingerprint density at radius 3 is 2.61 bits per heavy atom. The average molecular weight is 453 g/mol. The maximum Gasteiger partial charge on any atom is 0.263 e. The first-order chi connectivity index (χ1) is 15.2. The van der Waals surface area contributed by atoms with Crippen LogP contribution in [-0.4, -0.2) is 21.1 Å². The highest BCUT2D eigenvalue weighted by Gasteiger charge is 2.27. The van der Waals surface area contributed by atoms with Gasteiger partial charge in [0.15, 0.2) is 10.9 Å². The number of thiophene rings is 1. The van der Waals surface area contributed by atoms with Crippen LogP contribution in [0.4, 0.5) is 0 Å². The molecule has 162 valence electrons. The first-order valence-electron chi connectivity index (χ1n) is 11.5. The van der Waals surface area contributed by atoms with E-state index in [9.17, 15) is 9.59 Å². The number of nitrogens with zero attached hydrogens (tertiary/aromatic N) is 2. The third-order valence-corrected chi connectivity index (χ3v) is 8.83. The minimum atomic E-state index is 0.0884. The number of ketones is 1. The molecule has 0 bridgehead atoms. The van der Waals surface area contributed by atoms with Gasteiger partial charge in [0.05, 0.1) is 11.1 Å². The van der Waals surface area contributed by atoms with Crippen molar-refractivity contribution in [3.63, 3.8) is 0 Å². The summed E-state index contributed by atoms with van der Waals surface area (Å²) < 4.78 is 1.94. The van der Waals surface area contributed by atoms with E-state index in [1.165, 1.54) is 34.2 Å². The Morgan fingerprint density at radius 2 is 1.87 bits per heavy atom. The zero-order valence-corrected chi connectivity index (χ0v) is 19.6. The van der Waals surface area contributed by atoms with Crippen LogP contribution in [0, 0.1) is 0 Å². The van der Waals surface area contributed by atoms with Crippen LogP contribution in [0.25, 0.3) is 10.2 Å². The van der Waals surface area contributed by atoms with Gasteiger partial charge in [-0.2, -0.15) is 0 Å². The third kappa shape index (κ3) is 4.00. The molecule has 2 aromatic heterocycles. The van der Waals surface area contributed by atoms with Gasteiger partial charge < -0.3 is 0 Å². The number of thioether (sulfide) groups is 1. The van der Waals surface area contributed by atoms with Crippen molar-refractivity contribution in [1.82, 2.24) is 9.55 Å². The predicted octanol–water partition coefficient (Wildman–Crippen LogP) is 5.99. The summed E-state index contributed by atoms with van der Waals surface area (Å²) in [6.45, 7) is 2.11. The summed E-state index contributed by atoms with van der Waals surface area (Å²) in [5.41, 5.74) is 3.33. The van der Waals surface area contributed by atoms with Gasteiger partial charge in [-0.05, 0) is 56.1 Å². The van der Waals surface area contributed by atoms with E-state index in [4.69, 9.17) is 4.98 Å². The molecule has 5 rings (SSSR count). The number of Topliss-reactive ketones (excluding diaryl/α,β-unsaturated/α-hetero) is 1. The van der Waals surface area contributed by atoms with E-state index in [0.717, 1.165) is 72.3 Å². The van der Waals surface area contributed by atoms with Crippen molar-refractivity contribution in [3.8, 4) is 0 Å². The van der Waals surface area contributed by atoms with E-state index < -0.39 is 0 Å². The zero-order valence-electron chi connectivity index (χ0n) is 18.0. The van der Waals surface area contributed by atoms with Gasteiger partial charge in [0.2, 0.25) is 0 Å². The second-order valence-electron chi connectivity index (χ2n) is 8.66. The van der Waals surface area contributed by atoms with Gasteiger partial charge in [0, 0.05) is 16.5 Å². The Morgan fingerprint density at radius 1 is 1.13 bits per heavy atom. The fraction of sp³-hybridized carbons (Fsp3) is 0.480. The molecule has 0 aliphatic heterocycles. The summed E-state index contributed by atoms with van der Waals surface area (Å²) in [5.74, 6) is 0.395. The van der Waals surface area contributed by atoms with E-state index in [1.54, 1.807) is 11.3 Å². The topological polar surface area (TPSA) is 52.0 Å². The van der Waals surface area contributed by atoms with Crippen molar-refractivity contribution in [3.05, 3.63) is 56.2 Å². The Balaban J connectivity index is 1.49. The van der Waals surface area contributed by atoms with Crippen LogP contribution < -0.4 is 5.56 Å². The van der Waals surface area contributed by atoms with E-state index >= 15 is 0 Å². The SMILES string of the molecule is CCc1ccc(C(=O)CSc2nc3sc4c(c3c(=O)n2C2CCCC2)CCCC4)cc1. The van der Waals surface area contributed by atoms with Gasteiger partial charge in [0.25, 0.3) is 5.56 Å². The first-order valence-corrected chi connectivity index (χ1v) is 13.3. The van der Waals surface area contributed by atoms with Crippen molar-refractivity contribution in [2.24, 2.45) is 0 Å². The molecule has 1 aromatic carbocycles. The van der Waals surface area contributed by atoms with E-state index in [0.29, 0.717) is 5.75 Å². The molecule has 0 N–H and O–H groups in total. The Hall–Kier alpha value is -1.92. The smallest absolute Gasteiger partial charge is 0.263 e. The van der Waals surface area contributed by atoms with Crippen LogP contribution in [0.1, 0.15) is 77.9 Å². The van der Waals surface area contributed by atoms with Crippen molar-refractivity contribution in [2.75, 3.05) is 5.75 Å². The number of rotatable bonds is 6. The number of hydrogen-bond donors (Lipinski definition) is 0. The number of aromatic nitrogens is 2. The summed E-state index contributed by atoms with van der Waals surface area (Å²) in [5, 5.41) is 1.58. The zero-order chi connectivity index (χ0) is 21.4. The van der Waals surface area contributed by atoms with E-state index in [2.05, 4.69) is 6.92 Å². The van der Waals surface area contributed by atoms with E-state index in [-0.39, 0.29) is 17.4 Å². The normalized spacial score (nSPS) is 16.7. The summed E-state index contributed by atoms with van der Waals surface area (Å²) in [7, 11) is 0. The van der Waals surface area contributed by atoms with Gasteiger partial charge in [-0.1, -0.05) is 55.8 Å². The summed E-state index contributed by atoms with van der Waals surface area (Å²) in [6.07, 6.45) is 9.74. The van der Waals surface area contributed by atoms with Gasteiger partial charge in [-0.3, -0.25) is 14.2 Å². The maximum absolute atomic E-state index is 13.7. The molecule has 6 heteroatoms. The molecule has 0 atom stereocenters. The van der Waals surface area contributed by atoms with Crippen LogP contribution in [0.3, 0.4) is 0 Å². The van der Waals surface area contributed by atoms with Gasteiger partial charge in [0.1, 0.15) is 4.83 Å². The fourth-order valence-electron chi connectivity index (χ4n) is 4.92. The fourth-order valence-corrected chi connectivity index (χ4v) is 7.19.